The van der Waals surface area contributed by atoms with E-state index in [-0.39, 0.29) is 31.1 Å². The zero-order chi connectivity index (χ0) is 25.2. The number of nitro groups is 1. The Kier molecular flexibility index (Phi) is 6.20. The number of hydrogen-bond acceptors (Lipinski definition) is 5. The highest BCUT2D eigenvalue weighted by atomic mass is 16.6. The number of amides is 1. The lowest BCUT2D eigenvalue weighted by Crippen LogP contribution is -2.42. The van der Waals surface area contributed by atoms with E-state index < -0.39 is 16.2 Å². The van der Waals surface area contributed by atoms with Crippen LogP contribution in [0.3, 0.4) is 0 Å². The van der Waals surface area contributed by atoms with Crippen molar-refractivity contribution in [2.75, 3.05) is 6.54 Å². The molecule has 5 rings (SSSR count). The second kappa shape index (κ2) is 9.61. The predicted octanol–water partition coefficient (Wildman–Crippen LogP) is 3.09. The van der Waals surface area contributed by atoms with Crippen LogP contribution in [0, 0.1) is 10.1 Å². The van der Waals surface area contributed by atoms with Crippen molar-refractivity contribution in [1.29, 1.82) is 0 Å². The summed E-state index contributed by atoms with van der Waals surface area (Å²) in [5, 5.41) is 11.5. The van der Waals surface area contributed by atoms with Crippen LogP contribution in [0.2, 0.25) is 0 Å². The van der Waals surface area contributed by atoms with E-state index in [9.17, 15) is 24.5 Å². The first-order valence-corrected chi connectivity index (χ1v) is 11.7. The summed E-state index contributed by atoms with van der Waals surface area (Å²) in [5.74, 6) is -0.116. The molecule has 9 heteroatoms. The summed E-state index contributed by atoms with van der Waals surface area (Å²) < 4.78 is 2.52. The maximum atomic E-state index is 13.4. The van der Waals surface area contributed by atoms with Crippen LogP contribution in [0.4, 0.5) is 5.69 Å². The number of benzene rings is 3. The first-order valence-electron chi connectivity index (χ1n) is 11.7. The van der Waals surface area contributed by atoms with Gasteiger partial charge in [-0.05, 0) is 35.2 Å². The van der Waals surface area contributed by atoms with Crippen LogP contribution in [0.1, 0.15) is 23.1 Å². The minimum atomic E-state index is -0.554. The van der Waals surface area contributed by atoms with Crippen molar-refractivity contribution in [2.24, 2.45) is 0 Å². The molecule has 2 heterocycles. The van der Waals surface area contributed by atoms with E-state index in [0.29, 0.717) is 29.6 Å². The van der Waals surface area contributed by atoms with Gasteiger partial charge in [-0.3, -0.25) is 28.8 Å². The maximum absolute atomic E-state index is 13.4. The van der Waals surface area contributed by atoms with Crippen LogP contribution in [0.5, 0.6) is 0 Å². The third-order valence-electron chi connectivity index (χ3n) is 6.63. The van der Waals surface area contributed by atoms with Crippen molar-refractivity contribution in [3.05, 3.63) is 120 Å². The SMILES string of the molecule is O=C(CCn1c(=O)c2ccccc2n(Cc2cccc([N+](=O)[O-])c2)c1=O)N1CCc2ccccc2C1. The molecule has 0 radical (unpaired) electrons. The van der Waals surface area contributed by atoms with E-state index in [1.54, 1.807) is 41.3 Å². The number of para-hydroxylation sites is 1. The summed E-state index contributed by atoms with van der Waals surface area (Å²) in [4.78, 5) is 52.1. The summed E-state index contributed by atoms with van der Waals surface area (Å²) in [5.41, 5.74) is 2.26. The fourth-order valence-corrected chi connectivity index (χ4v) is 4.75. The smallest absolute Gasteiger partial charge is 0.331 e. The zero-order valence-corrected chi connectivity index (χ0v) is 19.5. The van der Waals surface area contributed by atoms with Crippen LogP contribution in [0.25, 0.3) is 10.9 Å². The monoisotopic (exact) mass is 484 g/mol. The van der Waals surface area contributed by atoms with Gasteiger partial charge in [0.15, 0.2) is 0 Å². The maximum Gasteiger partial charge on any atom is 0.331 e. The highest BCUT2D eigenvalue weighted by Crippen LogP contribution is 2.19. The molecule has 0 saturated carbocycles. The molecule has 9 nitrogen and oxygen atoms in total. The average molecular weight is 485 g/mol. The second-order valence-corrected chi connectivity index (χ2v) is 8.85. The van der Waals surface area contributed by atoms with E-state index in [0.717, 1.165) is 16.6 Å². The fraction of sp³-hybridized carbons (Fsp3) is 0.222. The van der Waals surface area contributed by atoms with Crippen molar-refractivity contribution in [3.8, 4) is 0 Å². The Balaban J connectivity index is 1.44. The van der Waals surface area contributed by atoms with Gasteiger partial charge in [0.2, 0.25) is 5.91 Å². The molecular formula is C27H24N4O5. The Bertz CT molecular complexity index is 1600. The Hall–Kier alpha value is -4.53. The molecule has 1 amide bonds. The molecule has 0 N–H and O–H groups in total. The van der Waals surface area contributed by atoms with Crippen LogP contribution < -0.4 is 11.2 Å². The number of non-ortho nitro benzene ring substituents is 1. The highest BCUT2D eigenvalue weighted by molar-refractivity contribution is 5.78. The standard InChI is InChI=1S/C27H24N4O5/c32-25(28-14-12-20-7-1-2-8-21(20)18-28)13-15-29-26(33)23-10-3-4-11-24(23)30(27(29)34)17-19-6-5-9-22(16-19)31(35)36/h1-11,16H,12-15,17-18H2. The van der Waals surface area contributed by atoms with Gasteiger partial charge in [0, 0.05) is 38.2 Å². The molecule has 0 spiro atoms. The summed E-state index contributed by atoms with van der Waals surface area (Å²) in [6.07, 6.45) is 0.792. The quantitative estimate of drug-likeness (QED) is 0.309. The lowest BCUT2D eigenvalue weighted by molar-refractivity contribution is -0.384. The summed E-state index contributed by atoms with van der Waals surface area (Å²) in [6.45, 7) is 1.12. The Labute approximate surface area is 206 Å². The van der Waals surface area contributed by atoms with E-state index in [1.165, 1.54) is 22.3 Å². The molecule has 0 bridgehead atoms. The lowest BCUT2D eigenvalue weighted by Gasteiger charge is -2.29. The van der Waals surface area contributed by atoms with E-state index in [4.69, 9.17) is 0 Å². The Morgan fingerprint density at radius 1 is 0.917 bits per heavy atom. The van der Waals surface area contributed by atoms with Crippen molar-refractivity contribution in [3.63, 3.8) is 0 Å². The first-order chi connectivity index (χ1) is 17.4. The van der Waals surface area contributed by atoms with Crippen LogP contribution in [-0.2, 0) is 30.8 Å². The van der Waals surface area contributed by atoms with Gasteiger partial charge in [-0.1, -0.05) is 48.5 Å². The van der Waals surface area contributed by atoms with E-state index in [2.05, 4.69) is 6.07 Å². The zero-order valence-electron chi connectivity index (χ0n) is 19.5. The van der Waals surface area contributed by atoms with Gasteiger partial charge in [0.05, 0.1) is 22.4 Å². The number of carbonyl (C=O) groups is 1. The molecule has 4 aromatic rings. The first kappa shape index (κ1) is 23.2. The van der Waals surface area contributed by atoms with Gasteiger partial charge in [-0.15, -0.1) is 0 Å². The molecule has 0 atom stereocenters. The summed E-state index contributed by atoms with van der Waals surface area (Å²) >= 11 is 0. The molecule has 1 aliphatic rings. The van der Waals surface area contributed by atoms with Gasteiger partial charge < -0.3 is 4.90 Å². The largest absolute Gasteiger partial charge is 0.338 e. The number of nitro benzene ring substituents is 1. The van der Waals surface area contributed by atoms with Crippen molar-refractivity contribution in [1.82, 2.24) is 14.0 Å². The van der Waals surface area contributed by atoms with Gasteiger partial charge in [-0.25, -0.2) is 4.79 Å². The molecule has 1 aromatic heterocycles. The number of hydrogen-bond donors (Lipinski definition) is 0. The lowest BCUT2D eigenvalue weighted by atomic mass is 10.00. The molecule has 3 aromatic carbocycles. The Morgan fingerprint density at radius 3 is 2.47 bits per heavy atom. The number of nitrogens with zero attached hydrogens (tertiary/aromatic N) is 4. The third kappa shape index (κ3) is 4.43. The van der Waals surface area contributed by atoms with Crippen molar-refractivity contribution in [2.45, 2.75) is 32.5 Å². The third-order valence-corrected chi connectivity index (χ3v) is 6.63. The number of rotatable bonds is 6. The van der Waals surface area contributed by atoms with E-state index in [1.807, 2.05) is 18.2 Å². The fourth-order valence-electron chi connectivity index (χ4n) is 4.75. The molecule has 1 aliphatic heterocycles. The van der Waals surface area contributed by atoms with Gasteiger partial charge >= 0.3 is 5.69 Å². The van der Waals surface area contributed by atoms with Crippen molar-refractivity contribution >= 4 is 22.5 Å². The summed E-state index contributed by atoms with van der Waals surface area (Å²) in [6, 6.07) is 20.8. The molecule has 36 heavy (non-hydrogen) atoms. The van der Waals surface area contributed by atoms with Crippen LogP contribution in [0.15, 0.2) is 82.4 Å². The van der Waals surface area contributed by atoms with Gasteiger partial charge in [0.25, 0.3) is 11.2 Å². The highest BCUT2D eigenvalue weighted by Gasteiger charge is 2.21. The molecule has 0 saturated heterocycles. The van der Waals surface area contributed by atoms with E-state index >= 15 is 0 Å². The normalized spacial score (nSPS) is 12.9. The second-order valence-electron chi connectivity index (χ2n) is 8.85. The van der Waals surface area contributed by atoms with Gasteiger partial charge in [0.1, 0.15) is 0 Å². The van der Waals surface area contributed by atoms with Crippen LogP contribution in [-0.4, -0.2) is 31.4 Å². The molecule has 0 fully saturated rings. The average Bonchev–Trinajstić information content (AvgIpc) is 2.90. The van der Waals surface area contributed by atoms with Gasteiger partial charge in [-0.2, -0.15) is 0 Å². The number of aromatic nitrogens is 2. The topological polar surface area (TPSA) is 107 Å². The molecule has 0 unspecified atom stereocenters. The Morgan fingerprint density at radius 2 is 1.67 bits per heavy atom. The number of fused-ring (bicyclic) bond motifs is 2. The predicted molar refractivity (Wildman–Crippen MR) is 135 cm³/mol. The minimum absolute atomic E-state index is 0.0203. The molecule has 0 aliphatic carbocycles. The van der Waals surface area contributed by atoms with Crippen molar-refractivity contribution < 1.29 is 9.72 Å². The summed E-state index contributed by atoms with van der Waals surface area (Å²) in [7, 11) is 0. The number of carbonyl (C=O) groups excluding carboxylic acids is 1. The minimum Gasteiger partial charge on any atom is -0.338 e. The molecule has 182 valence electrons. The van der Waals surface area contributed by atoms with Crippen LogP contribution >= 0.6 is 0 Å². The molecular weight excluding hydrogens is 460 g/mol.